The van der Waals surface area contributed by atoms with E-state index in [1.54, 1.807) is 0 Å². The van der Waals surface area contributed by atoms with Crippen molar-refractivity contribution >= 4 is 0 Å². The molecule has 1 heteroatoms. The molecule has 0 amide bonds. The van der Waals surface area contributed by atoms with Crippen LogP contribution in [0.3, 0.4) is 0 Å². The van der Waals surface area contributed by atoms with E-state index in [-0.39, 0.29) is 10.8 Å². The minimum atomic E-state index is -0.152. The highest BCUT2D eigenvalue weighted by Crippen LogP contribution is 2.48. The average molecular weight is 199 g/mol. The summed E-state index contributed by atoms with van der Waals surface area (Å²) in [5, 5.41) is 9.15. The van der Waals surface area contributed by atoms with Crippen LogP contribution in [0.25, 0.3) is 0 Å². The van der Waals surface area contributed by atoms with Gasteiger partial charge >= 0.3 is 0 Å². The Labute approximate surface area is 91.7 Å². The first-order valence-electron chi connectivity index (χ1n) is 5.50. The zero-order valence-corrected chi connectivity index (χ0v) is 9.67. The molecule has 1 aromatic carbocycles. The molecule has 15 heavy (non-hydrogen) atoms. The third-order valence-corrected chi connectivity index (χ3v) is 3.25. The first-order valence-corrected chi connectivity index (χ1v) is 5.50. The molecule has 78 valence electrons. The summed E-state index contributed by atoms with van der Waals surface area (Å²) >= 11 is 0. The van der Waals surface area contributed by atoms with Gasteiger partial charge < -0.3 is 0 Å². The van der Waals surface area contributed by atoms with Crippen molar-refractivity contribution in [2.24, 2.45) is 0 Å². The number of benzene rings is 1. The zero-order chi connectivity index (χ0) is 11.1. The molecule has 1 aliphatic rings. The molecular formula is C14H17N. The molecule has 0 aromatic heterocycles. The SMILES string of the molecule is CC(C)(C)c1cccc(C2(C#N)CC2)c1. The van der Waals surface area contributed by atoms with E-state index < -0.39 is 0 Å². The minimum Gasteiger partial charge on any atom is -0.197 e. The predicted molar refractivity (Wildman–Crippen MR) is 61.7 cm³/mol. The minimum absolute atomic E-state index is 0.152. The Morgan fingerprint density at radius 2 is 1.93 bits per heavy atom. The summed E-state index contributed by atoms with van der Waals surface area (Å²) in [6.07, 6.45) is 2.05. The van der Waals surface area contributed by atoms with E-state index in [0.29, 0.717) is 0 Å². The Kier molecular flexibility index (Phi) is 2.12. The first kappa shape index (κ1) is 10.2. The summed E-state index contributed by atoms with van der Waals surface area (Å²) in [5.41, 5.74) is 2.54. The van der Waals surface area contributed by atoms with Crippen LogP contribution in [0.2, 0.25) is 0 Å². The molecule has 0 saturated heterocycles. The van der Waals surface area contributed by atoms with Gasteiger partial charge in [-0.3, -0.25) is 0 Å². The quantitative estimate of drug-likeness (QED) is 0.678. The topological polar surface area (TPSA) is 23.8 Å². The molecule has 1 aliphatic carbocycles. The molecule has 0 bridgehead atoms. The Balaban J connectivity index is 2.41. The van der Waals surface area contributed by atoms with E-state index >= 15 is 0 Å². The van der Waals surface area contributed by atoms with Crippen LogP contribution in [0.1, 0.15) is 44.7 Å². The van der Waals surface area contributed by atoms with E-state index in [1.807, 2.05) is 0 Å². The second-order valence-corrected chi connectivity index (χ2v) is 5.52. The van der Waals surface area contributed by atoms with Crippen LogP contribution >= 0.6 is 0 Å². The Morgan fingerprint density at radius 1 is 1.27 bits per heavy atom. The lowest BCUT2D eigenvalue weighted by Crippen LogP contribution is -2.13. The second kappa shape index (κ2) is 3.10. The van der Waals surface area contributed by atoms with Crippen LogP contribution in [-0.4, -0.2) is 0 Å². The van der Waals surface area contributed by atoms with Gasteiger partial charge in [0, 0.05) is 0 Å². The molecule has 0 spiro atoms. The molecule has 0 heterocycles. The Bertz CT molecular complexity index is 414. The van der Waals surface area contributed by atoms with Crippen LogP contribution in [0.15, 0.2) is 24.3 Å². The van der Waals surface area contributed by atoms with Crippen molar-refractivity contribution in [3.8, 4) is 6.07 Å². The van der Waals surface area contributed by atoms with Gasteiger partial charge in [0.05, 0.1) is 11.5 Å². The first-order chi connectivity index (χ1) is 6.98. The van der Waals surface area contributed by atoms with E-state index in [9.17, 15) is 0 Å². The number of nitrogens with zero attached hydrogens (tertiary/aromatic N) is 1. The van der Waals surface area contributed by atoms with Gasteiger partial charge in [0.1, 0.15) is 0 Å². The highest BCUT2D eigenvalue weighted by atomic mass is 14.5. The van der Waals surface area contributed by atoms with Gasteiger partial charge in [-0.2, -0.15) is 5.26 Å². The largest absolute Gasteiger partial charge is 0.197 e. The van der Waals surface area contributed by atoms with Gasteiger partial charge in [-0.15, -0.1) is 0 Å². The molecule has 1 nitrogen and oxygen atoms in total. The Hall–Kier alpha value is -1.29. The predicted octanol–water partition coefficient (Wildman–Crippen LogP) is 3.54. The zero-order valence-electron chi connectivity index (χ0n) is 9.67. The van der Waals surface area contributed by atoms with E-state index in [1.165, 1.54) is 11.1 Å². The number of rotatable bonds is 1. The fraction of sp³-hybridized carbons (Fsp3) is 0.500. The van der Waals surface area contributed by atoms with E-state index in [4.69, 9.17) is 5.26 Å². The van der Waals surface area contributed by atoms with Crippen molar-refractivity contribution in [2.75, 3.05) is 0 Å². The molecule has 1 fully saturated rings. The maximum Gasteiger partial charge on any atom is 0.0823 e. The summed E-state index contributed by atoms with van der Waals surface area (Å²) in [6.45, 7) is 6.62. The highest BCUT2D eigenvalue weighted by Gasteiger charge is 2.45. The molecule has 0 unspecified atom stereocenters. The third kappa shape index (κ3) is 1.77. The summed E-state index contributed by atoms with van der Waals surface area (Å²) < 4.78 is 0. The van der Waals surface area contributed by atoms with E-state index in [0.717, 1.165) is 12.8 Å². The summed E-state index contributed by atoms with van der Waals surface area (Å²) in [4.78, 5) is 0. The highest BCUT2D eigenvalue weighted by molar-refractivity contribution is 5.42. The van der Waals surface area contributed by atoms with Crippen molar-refractivity contribution < 1.29 is 0 Å². The summed E-state index contributed by atoms with van der Waals surface area (Å²) in [6, 6.07) is 11.0. The molecule has 1 saturated carbocycles. The number of hydrogen-bond acceptors (Lipinski definition) is 1. The van der Waals surface area contributed by atoms with Gasteiger partial charge in [-0.05, 0) is 29.4 Å². The van der Waals surface area contributed by atoms with Crippen LogP contribution in [-0.2, 0) is 10.8 Å². The van der Waals surface area contributed by atoms with Crippen molar-refractivity contribution in [3.63, 3.8) is 0 Å². The van der Waals surface area contributed by atoms with Gasteiger partial charge in [0.15, 0.2) is 0 Å². The van der Waals surface area contributed by atoms with Crippen molar-refractivity contribution in [1.82, 2.24) is 0 Å². The normalized spacial score (nSPS) is 18.3. The maximum absolute atomic E-state index is 9.15. The molecule has 1 aromatic rings. The van der Waals surface area contributed by atoms with Crippen LogP contribution in [0, 0.1) is 11.3 Å². The number of hydrogen-bond donors (Lipinski definition) is 0. The molecule has 0 N–H and O–H groups in total. The van der Waals surface area contributed by atoms with Crippen LogP contribution in [0.4, 0.5) is 0 Å². The maximum atomic E-state index is 9.15. The van der Waals surface area contributed by atoms with Crippen LogP contribution in [0.5, 0.6) is 0 Å². The second-order valence-electron chi connectivity index (χ2n) is 5.52. The number of nitriles is 1. The lowest BCUT2D eigenvalue weighted by molar-refractivity contribution is 0.588. The monoisotopic (exact) mass is 199 g/mol. The van der Waals surface area contributed by atoms with Crippen molar-refractivity contribution in [2.45, 2.75) is 44.4 Å². The van der Waals surface area contributed by atoms with Gasteiger partial charge in [-0.25, -0.2) is 0 Å². The molecule has 0 atom stereocenters. The summed E-state index contributed by atoms with van der Waals surface area (Å²) in [5.74, 6) is 0. The Morgan fingerprint density at radius 3 is 2.40 bits per heavy atom. The smallest absolute Gasteiger partial charge is 0.0823 e. The third-order valence-electron chi connectivity index (χ3n) is 3.25. The molecule has 2 rings (SSSR count). The van der Waals surface area contributed by atoms with Crippen LogP contribution < -0.4 is 0 Å². The van der Waals surface area contributed by atoms with E-state index in [2.05, 4.69) is 51.1 Å². The fourth-order valence-corrected chi connectivity index (χ4v) is 1.87. The van der Waals surface area contributed by atoms with Crippen molar-refractivity contribution in [1.29, 1.82) is 5.26 Å². The van der Waals surface area contributed by atoms with Crippen molar-refractivity contribution in [3.05, 3.63) is 35.4 Å². The van der Waals surface area contributed by atoms with Gasteiger partial charge in [0.25, 0.3) is 0 Å². The standard InChI is InChI=1S/C14H17N/c1-13(2,3)11-5-4-6-12(9-11)14(10-15)7-8-14/h4-6,9H,7-8H2,1-3H3. The summed E-state index contributed by atoms with van der Waals surface area (Å²) in [7, 11) is 0. The fourth-order valence-electron chi connectivity index (χ4n) is 1.87. The lowest BCUT2D eigenvalue weighted by atomic mass is 9.84. The molecule has 0 aliphatic heterocycles. The lowest BCUT2D eigenvalue weighted by Gasteiger charge is -2.20. The average Bonchev–Trinajstić information content (AvgIpc) is 2.97. The molecular weight excluding hydrogens is 182 g/mol. The van der Waals surface area contributed by atoms with Gasteiger partial charge in [0.2, 0.25) is 0 Å². The van der Waals surface area contributed by atoms with Gasteiger partial charge in [-0.1, -0.05) is 45.0 Å². The molecule has 0 radical (unpaired) electrons.